The molecule has 0 aliphatic heterocycles. The molecule has 0 unspecified atom stereocenters. The molecule has 0 radical (unpaired) electrons. The first-order chi connectivity index (χ1) is 8.93. The summed E-state index contributed by atoms with van der Waals surface area (Å²) in [6, 6.07) is 6.65. The fraction of sp³-hybridized carbons (Fsp3) is 0.308. The molecule has 100 valence electrons. The Labute approximate surface area is 107 Å². The average molecular weight is 267 g/mol. The number of nitrogens with zero attached hydrogens (tertiary/aromatic N) is 1. The highest BCUT2D eigenvalue weighted by atomic mass is 19.4. The number of nitrogen functional groups attached to an aromatic ring is 1. The van der Waals surface area contributed by atoms with Crippen molar-refractivity contribution in [3.8, 4) is 0 Å². The standard InChI is InChI=1S/C13H12F3N3/c14-13(15,16)12(5-6-12)19-10-4-7-18-11-8(10)2-1-3-9(11)17/h1-4,7H,5-6,17H2,(H,18,19). The maximum Gasteiger partial charge on any atom is 0.411 e. The Morgan fingerprint density at radius 2 is 1.95 bits per heavy atom. The van der Waals surface area contributed by atoms with E-state index in [4.69, 9.17) is 5.73 Å². The lowest BCUT2D eigenvalue weighted by Crippen LogP contribution is -2.38. The third-order valence-electron chi connectivity index (χ3n) is 3.47. The number of benzene rings is 1. The summed E-state index contributed by atoms with van der Waals surface area (Å²) in [5.74, 6) is 0. The van der Waals surface area contributed by atoms with Gasteiger partial charge in [-0.3, -0.25) is 4.98 Å². The minimum atomic E-state index is -4.25. The molecule has 0 spiro atoms. The van der Waals surface area contributed by atoms with E-state index in [9.17, 15) is 13.2 Å². The monoisotopic (exact) mass is 267 g/mol. The van der Waals surface area contributed by atoms with E-state index in [1.165, 1.54) is 6.20 Å². The molecule has 0 atom stereocenters. The van der Waals surface area contributed by atoms with Crippen molar-refractivity contribution in [2.24, 2.45) is 0 Å². The van der Waals surface area contributed by atoms with E-state index in [0.29, 0.717) is 22.3 Å². The van der Waals surface area contributed by atoms with Crippen LogP contribution in [0.15, 0.2) is 30.5 Å². The van der Waals surface area contributed by atoms with Crippen LogP contribution >= 0.6 is 0 Å². The topological polar surface area (TPSA) is 50.9 Å². The van der Waals surface area contributed by atoms with Crippen molar-refractivity contribution in [1.82, 2.24) is 4.98 Å². The Balaban J connectivity index is 2.05. The number of alkyl halides is 3. The smallest absolute Gasteiger partial charge is 0.397 e. The van der Waals surface area contributed by atoms with Crippen molar-refractivity contribution in [1.29, 1.82) is 0 Å². The minimum Gasteiger partial charge on any atom is -0.397 e. The Hall–Kier alpha value is -1.98. The highest BCUT2D eigenvalue weighted by Crippen LogP contribution is 2.51. The Kier molecular flexibility index (Phi) is 2.39. The first-order valence-corrected chi connectivity index (χ1v) is 5.91. The number of anilines is 2. The number of hydrogen-bond donors (Lipinski definition) is 2. The lowest BCUT2D eigenvalue weighted by Gasteiger charge is -2.22. The fourth-order valence-corrected chi connectivity index (χ4v) is 2.17. The normalized spacial score (nSPS) is 17.4. The van der Waals surface area contributed by atoms with E-state index < -0.39 is 11.7 Å². The molecule has 1 aromatic heterocycles. The highest BCUT2D eigenvalue weighted by Gasteiger charge is 2.63. The van der Waals surface area contributed by atoms with E-state index >= 15 is 0 Å². The zero-order valence-corrected chi connectivity index (χ0v) is 9.96. The second-order valence-corrected chi connectivity index (χ2v) is 4.81. The van der Waals surface area contributed by atoms with Gasteiger partial charge in [0.05, 0.1) is 11.2 Å². The number of hydrogen-bond acceptors (Lipinski definition) is 3. The van der Waals surface area contributed by atoms with Gasteiger partial charge < -0.3 is 11.1 Å². The summed E-state index contributed by atoms with van der Waals surface area (Å²) in [4.78, 5) is 4.11. The van der Waals surface area contributed by atoms with Gasteiger partial charge in [0.1, 0.15) is 5.54 Å². The molecule has 0 amide bonds. The van der Waals surface area contributed by atoms with Crippen LogP contribution in [0.2, 0.25) is 0 Å². The fourth-order valence-electron chi connectivity index (χ4n) is 2.17. The number of aromatic nitrogens is 1. The summed E-state index contributed by atoms with van der Waals surface area (Å²) < 4.78 is 38.9. The number of nitrogens with one attached hydrogen (secondary N) is 1. The van der Waals surface area contributed by atoms with Crippen molar-refractivity contribution in [3.63, 3.8) is 0 Å². The summed E-state index contributed by atoms with van der Waals surface area (Å²) in [6.07, 6.45) is -2.58. The van der Waals surface area contributed by atoms with Gasteiger partial charge in [0.15, 0.2) is 0 Å². The molecular weight excluding hydrogens is 255 g/mol. The van der Waals surface area contributed by atoms with E-state index in [2.05, 4.69) is 10.3 Å². The van der Waals surface area contributed by atoms with Crippen LogP contribution in [0.5, 0.6) is 0 Å². The first-order valence-electron chi connectivity index (χ1n) is 5.91. The predicted molar refractivity (Wildman–Crippen MR) is 67.8 cm³/mol. The van der Waals surface area contributed by atoms with E-state index in [1.54, 1.807) is 24.3 Å². The molecule has 1 fully saturated rings. The molecule has 3 rings (SSSR count). The molecule has 2 aromatic rings. The largest absolute Gasteiger partial charge is 0.411 e. The van der Waals surface area contributed by atoms with Crippen molar-refractivity contribution < 1.29 is 13.2 Å². The van der Waals surface area contributed by atoms with Gasteiger partial charge in [-0.2, -0.15) is 13.2 Å². The summed E-state index contributed by atoms with van der Waals surface area (Å²) in [7, 11) is 0. The van der Waals surface area contributed by atoms with Crippen LogP contribution < -0.4 is 11.1 Å². The Bertz CT molecular complexity index is 633. The molecule has 1 aromatic carbocycles. The van der Waals surface area contributed by atoms with Crippen LogP contribution in [-0.4, -0.2) is 16.7 Å². The zero-order valence-electron chi connectivity index (χ0n) is 9.96. The van der Waals surface area contributed by atoms with Gasteiger partial charge >= 0.3 is 6.18 Å². The van der Waals surface area contributed by atoms with Gasteiger partial charge in [0, 0.05) is 17.3 Å². The van der Waals surface area contributed by atoms with Crippen LogP contribution in [0.3, 0.4) is 0 Å². The van der Waals surface area contributed by atoms with Crippen LogP contribution in [0.4, 0.5) is 24.5 Å². The molecule has 0 bridgehead atoms. The first kappa shape index (κ1) is 12.1. The molecule has 1 aliphatic rings. The van der Waals surface area contributed by atoms with Crippen molar-refractivity contribution in [2.75, 3.05) is 11.1 Å². The second kappa shape index (κ2) is 3.76. The Morgan fingerprint density at radius 3 is 2.58 bits per heavy atom. The van der Waals surface area contributed by atoms with Crippen molar-refractivity contribution >= 4 is 22.3 Å². The number of rotatable bonds is 2. The van der Waals surface area contributed by atoms with Gasteiger partial charge in [-0.15, -0.1) is 0 Å². The van der Waals surface area contributed by atoms with Gasteiger partial charge in [0.2, 0.25) is 0 Å². The second-order valence-electron chi connectivity index (χ2n) is 4.81. The molecule has 1 heterocycles. The summed E-state index contributed by atoms with van der Waals surface area (Å²) in [5.41, 5.74) is 5.39. The SMILES string of the molecule is Nc1cccc2c(NC3(C(F)(F)F)CC3)ccnc12. The third-order valence-corrected chi connectivity index (χ3v) is 3.47. The summed E-state index contributed by atoms with van der Waals surface area (Å²) in [5, 5.41) is 3.23. The van der Waals surface area contributed by atoms with E-state index in [-0.39, 0.29) is 12.8 Å². The average Bonchev–Trinajstić information content (AvgIpc) is 3.11. The predicted octanol–water partition coefficient (Wildman–Crippen LogP) is 3.32. The Morgan fingerprint density at radius 1 is 1.21 bits per heavy atom. The lowest BCUT2D eigenvalue weighted by atomic mass is 10.1. The van der Waals surface area contributed by atoms with Crippen molar-refractivity contribution in [2.45, 2.75) is 24.6 Å². The van der Waals surface area contributed by atoms with Crippen LogP contribution in [0, 0.1) is 0 Å². The van der Waals surface area contributed by atoms with Crippen LogP contribution in [0.25, 0.3) is 10.9 Å². The number of para-hydroxylation sites is 1. The van der Waals surface area contributed by atoms with Crippen molar-refractivity contribution in [3.05, 3.63) is 30.5 Å². The van der Waals surface area contributed by atoms with Crippen LogP contribution in [-0.2, 0) is 0 Å². The van der Waals surface area contributed by atoms with Crippen LogP contribution in [0.1, 0.15) is 12.8 Å². The minimum absolute atomic E-state index is 0.0998. The molecular formula is C13H12F3N3. The maximum atomic E-state index is 13.0. The molecule has 6 heteroatoms. The van der Waals surface area contributed by atoms with Gasteiger partial charge in [0.25, 0.3) is 0 Å². The van der Waals surface area contributed by atoms with Gasteiger partial charge in [-0.1, -0.05) is 12.1 Å². The van der Waals surface area contributed by atoms with Gasteiger partial charge in [-0.25, -0.2) is 0 Å². The molecule has 3 N–H and O–H groups in total. The molecule has 1 aliphatic carbocycles. The summed E-state index contributed by atoms with van der Waals surface area (Å²) >= 11 is 0. The van der Waals surface area contributed by atoms with E-state index in [0.717, 1.165) is 0 Å². The van der Waals surface area contributed by atoms with E-state index in [1.807, 2.05) is 0 Å². The zero-order chi connectivity index (χ0) is 13.7. The number of pyridine rings is 1. The van der Waals surface area contributed by atoms with Gasteiger partial charge in [-0.05, 0) is 25.0 Å². The quantitative estimate of drug-likeness (QED) is 0.821. The molecule has 1 saturated carbocycles. The number of nitrogens with two attached hydrogens (primary N) is 1. The molecule has 0 saturated heterocycles. The molecule has 19 heavy (non-hydrogen) atoms. The summed E-state index contributed by atoms with van der Waals surface area (Å²) in [6.45, 7) is 0. The highest BCUT2D eigenvalue weighted by molar-refractivity contribution is 5.97. The molecule has 3 nitrogen and oxygen atoms in total. The number of halogens is 3. The third kappa shape index (κ3) is 1.87. The maximum absolute atomic E-state index is 13.0. The number of fused-ring (bicyclic) bond motifs is 1. The lowest BCUT2D eigenvalue weighted by molar-refractivity contribution is -0.151.